The van der Waals surface area contributed by atoms with Gasteiger partial charge in [-0.2, -0.15) is 0 Å². The van der Waals surface area contributed by atoms with Gasteiger partial charge in [0.25, 0.3) is 0 Å². The van der Waals surface area contributed by atoms with Crippen LogP contribution in [0.2, 0.25) is 0 Å². The van der Waals surface area contributed by atoms with Crippen LogP contribution in [0.1, 0.15) is 48.1 Å². The Morgan fingerprint density at radius 2 is 1.51 bits per heavy atom. The van der Waals surface area contributed by atoms with Gasteiger partial charge in [-0.3, -0.25) is 9.59 Å². The zero-order valence-corrected chi connectivity index (χ0v) is 21.1. The lowest BCUT2D eigenvalue weighted by molar-refractivity contribution is -0.141. The molecule has 3 aromatic carbocycles. The first kappa shape index (κ1) is 26.1. The zero-order valence-electron chi connectivity index (χ0n) is 21.1. The Morgan fingerprint density at radius 3 is 2.11 bits per heavy atom. The Hall–Kier alpha value is -3.47. The standard InChI is InChI=1S/C30H35FN2O2/c1-5-23(4)32-30(35)28(18-24-9-7-6-8-10-24)33(20-25-11-13-27(31)14-12-25)29(34)19-26-16-21(2)15-22(3)17-26/h6-17,23,28H,5,18-20H2,1-4H3,(H,32,35)/t23-,28+/m1/s1. The van der Waals surface area contributed by atoms with Gasteiger partial charge in [-0.1, -0.05) is 78.7 Å². The molecule has 0 saturated heterocycles. The van der Waals surface area contributed by atoms with Gasteiger partial charge in [-0.05, 0) is 56.0 Å². The zero-order chi connectivity index (χ0) is 25.4. The fourth-order valence-electron chi connectivity index (χ4n) is 4.23. The summed E-state index contributed by atoms with van der Waals surface area (Å²) < 4.78 is 13.6. The van der Waals surface area contributed by atoms with Crippen molar-refractivity contribution >= 4 is 11.8 Å². The molecular formula is C30H35FN2O2. The molecule has 1 N–H and O–H groups in total. The van der Waals surface area contributed by atoms with Gasteiger partial charge in [-0.15, -0.1) is 0 Å². The number of carbonyl (C=O) groups is 2. The monoisotopic (exact) mass is 474 g/mol. The lowest BCUT2D eigenvalue weighted by Crippen LogP contribution is -2.52. The van der Waals surface area contributed by atoms with Crippen LogP contribution in [0.25, 0.3) is 0 Å². The van der Waals surface area contributed by atoms with Crippen molar-refractivity contribution in [1.82, 2.24) is 10.2 Å². The highest BCUT2D eigenvalue weighted by Gasteiger charge is 2.31. The van der Waals surface area contributed by atoms with Gasteiger partial charge in [0.1, 0.15) is 11.9 Å². The van der Waals surface area contributed by atoms with Gasteiger partial charge in [-0.25, -0.2) is 4.39 Å². The molecule has 0 radical (unpaired) electrons. The number of hydrogen-bond donors (Lipinski definition) is 1. The smallest absolute Gasteiger partial charge is 0.243 e. The Balaban J connectivity index is 1.98. The van der Waals surface area contributed by atoms with Crippen LogP contribution >= 0.6 is 0 Å². The number of halogens is 1. The van der Waals surface area contributed by atoms with Crippen LogP contribution < -0.4 is 5.32 Å². The van der Waals surface area contributed by atoms with Gasteiger partial charge < -0.3 is 10.2 Å². The third-order valence-corrected chi connectivity index (χ3v) is 6.18. The molecule has 0 aliphatic rings. The molecule has 0 heterocycles. The van der Waals surface area contributed by atoms with E-state index >= 15 is 0 Å². The molecule has 184 valence electrons. The fourth-order valence-corrected chi connectivity index (χ4v) is 4.23. The average Bonchev–Trinajstić information content (AvgIpc) is 2.82. The first-order valence-corrected chi connectivity index (χ1v) is 12.2. The molecule has 0 bridgehead atoms. The summed E-state index contributed by atoms with van der Waals surface area (Å²) in [6.07, 6.45) is 1.37. The average molecular weight is 475 g/mol. The van der Waals surface area contributed by atoms with Crippen molar-refractivity contribution in [2.75, 3.05) is 0 Å². The largest absolute Gasteiger partial charge is 0.352 e. The van der Waals surface area contributed by atoms with Crippen molar-refractivity contribution in [3.63, 3.8) is 0 Å². The highest BCUT2D eigenvalue weighted by Crippen LogP contribution is 2.18. The molecular weight excluding hydrogens is 439 g/mol. The summed E-state index contributed by atoms with van der Waals surface area (Å²) in [7, 11) is 0. The van der Waals surface area contributed by atoms with Gasteiger partial charge in [0.2, 0.25) is 11.8 Å². The predicted octanol–water partition coefficient (Wildman–Crippen LogP) is 5.54. The summed E-state index contributed by atoms with van der Waals surface area (Å²) in [6, 6.07) is 21.2. The molecule has 5 heteroatoms. The maximum atomic E-state index is 13.8. The maximum absolute atomic E-state index is 13.8. The summed E-state index contributed by atoms with van der Waals surface area (Å²) in [4.78, 5) is 28.9. The summed E-state index contributed by atoms with van der Waals surface area (Å²) in [5.74, 6) is -0.657. The lowest BCUT2D eigenvalue weighted by atomic mass is 10.00. The molecule has 0 saturated carbocycles. The predicted molar refractivity (Wildman–Crippen MR) is 138 cm³/mol. The second-order valence-corrected chi connectivity index (χ2v) is 9.34. The molecule has 0 unspecified atom stereocenters. The van der Waals surface area contributed by atoms with E-state index in [2.05, 4.69) is 11.4 Å². The number of nitrogens with one attached hydrogen (secondary N) is 1. The summed E-state index contributed by atoms with van der Waals surface area (Å²) in [5.41, 5.74) is 4.84. The number of amides is 2. The van der Waals surface area contributed by atoms with Crippen molar-refractivity contribution in [3.05, 3.63) is 106 Å². The van der Waals surface area contributed by atoms with Crippen LogP contribution in [-0.4, -0.2) is 28.8 Å². The van der Waals surface area contributed by atoms with E-state index in [1.165, 1.54) is 12.1 Å². The third-order valence-electron chi connectivity index (χ3n) is 6.18. The second kappa shape index (κ2) is 12.3. The normalized spacial score (nSPS) is 12.6. The molecule has 0 fully saturated rings. The van der Waals surface area contributed by atoms with Crippen molar-refractivity contribution in [1.29, 1.82) is 0 Å². The number of carbonyl (C=O) groups excluding carboxylic acids is 2. The number of aryl methyl sites for hydroxylation is 2. The molecule has 35 heavy (non-hydrogen) atoms. The Bertz CT molecular complexity index is 1110. The van der Waals surface area contributed by atoms with E-state index < -0.39 is 6.04 Å². The molecule has 4 nitrogen and oxygen atoms in total. The van der Waals surface area contributed by atoms with Gasteiger partial charge >= 0.3 is 0 Å². The maximum Gasteiger partial charge on any atom is 0.243 e. The minimum Gasteiger partial charge on any atom is -0.352 e. The number of nitrogens with zero attached hydrogens (tertiary/aromatic N) is 1. The number of hydrogen-bond acceptors (Lipinski definition) is 2. The molecule has 3 aromatic rings. The highest BCUT2D eigenvalue weighted by atomic mass is 19.1. The molecule has 3 rings (SSSR count). The molecule has 0 aliphatic heterocycles. The van der Waals surface area contributed by atoms with E-state index in [1.54, 1.807) is 17.0 Å². The topological polar surface area (TPSA) is 49.4 Å². The summed E-state index contributed by atoms with van der Waals surface area (Å²) in [6.45, 7) is 8.21. The fraction of sp³-hybridized carbons (Fsp3) is 0.333. The van der Waals surface area contributed by atoms with Crippen LogP contribution in [-0.2, 0) is 29.0 Å². The van der Waals surface area contributed by atoms with Crippen LogP contribution in [0.4, 0.5) is 4.39 Å². The first-order chi connectivity index (χ1) is 16.7. The Morgan fingerprint density at radius 1 is 0.886 bits per heavy atom. The van der Waals surface area contributed by atoms with Gasteiger partial charge in [0.05, 0.1) is 6.42 Å². The van der Waals surface area contributed by atoms with Crippen LogP contribution in [0.3, 0.4) is 0 Å². The van der Waals surface area contributed by atoms with Crippen LogP contribution in [0.15, 0.2) is 72.8 Å². The van der Waals surface area contributed by atoms with E-state index in [1.807, 2.05) is 70.2 Å². The minimum atomic E-state index is -0.699. The van der Waals surface area contributed by atoms with E-state index in [0.29, 0.717) is 6.42 Å². The quantitative estimate of drug-likeness (QED) is 0.419. The van der Waals surface area contributed by atoms with Crippen molar-refractivity contribution in [2.24, 2.45) is 0 Å². The highest BCUT2D eigenvalue weighted by molar-refractivity contribution is 5.89. The molecule has 0 aromatic heterocycles. The molecule has 0 spiro atoms. The van der Waals surface area contributed by atoms with Crippen molar-refractivity contribution in [3.8, 4) is 0 Å². The Labute approximate surface area is 208 Å². The Kier molecular flexibility index (Phi) is 9.18. The van der Waals surface area contributed by atoms with Crippen LogP contribution in [0.5, 0.6) is 0 Å². The third kappa shape index (κ3) is 7.78. The number of benzene rings is 3. The second-order valence-electron chi connectivity index (χ2n) is 9.34. The first-order valence-electron chi connectivity index (χ1n) is 12.2. The van der Waals surface area contributed by atoms with E-state index in [9.17, 15) is 14.0 Å². The van der Waals surface area contributed by atoms with Gasteiger partial charge in [0, 0.05) is 19.0 Å². The van der Waals surface area contributed by atoms with E-state index in [0.717, 1.165) is 34.2 Å². The summed E-state index contributed by atoms with van der Waals surface area (Å²) >= 11 is 0. The molecule has 2 atom stereocenters. The van der Waals surface area contributed by atoms with Crippen molar-refractivity contribution < 1.29 is 14.0 Å². The lowest BCUT2D eigenvalue weighted by Gasteiger charge is -2.32. The van der Waals surface area contributed by atoms with Crippen molar-refractivity contribution in [2.45, 2.75) is 65.6 Å². The minimum absolute atomic E-state index is 0.0111. The molecule has 2 amide bonds. The van der Waals surface area contributed by atoms with Gasteiger partial charge in [0.15, 0.2) is 0 Å². The van der Waals surface area contributed by atoms with Crippen LogP contribution in [0, 0.1) is 19.7 Å². The van der Waals surface area contributed by atoms with E-state index in [4.69, 9.17) is 0 Å². The molecule has 0 aliphatic carbocycles. The number of rotatable bonds is 10. The summed E-state index contributed by atoms with van der Waals surface area (Å²) in [5, 5.41) is 3.07. The SMILES string of the molecule is CC[C@@H](C)NC(=O)[C@H](Cc1ccccc1)N(Cc1ccc(F)cc1)C(=O)Cc1cc(C)cc(C)c1. The van der Waals surface area contributed by atoms with E-state index in [-0.39, 0.29) is 36.6 Å².